The molecule has 5 rings (SSSR count). The quantitative estimate of drug-likeness (QED) is 0.272. The first-order valence-electron chi connectivity index (χ1n) is 12.2. The molecule has 3 aromatic rings. The number of imide groups is 1. The summed E-state index contributed by atoms with van der Waals surface area (Å²) in [6, 6.07) is 20.1. The highest BCUT2D eigenvalue weighted by atomic mass is 19.4. The van der Waals surface area contributed by atoms with E-state index >= 15 is 0 Å². The molecule has 0 aliphatic carbocycles. The number of hydrogen-bond acceptors (Lipinski definition) is 6. The van der Waals surface area contributed by atoms with Crippen LogP contribution in [0.15, 0.2) is 78.9 Å². The van der Waals surface area contributed by atoms with Crippen molar-refractivity contribution in [2.75, 3.05) is 16.6 Å². The van der Waals surface area contributed by atoms with Gasteiger partial charge < -0.3 is 9.47 Å². The van der Waals surface area contributed by atoms with Crippen LogP contribution < -0.4 is 19.4 Å². The lowest BCUT2D eigenvalue weighted by molar-refractivity contribution is -0.274. The fraction of sp³-hybridized carbons (Fsp3) is 0.286. The van der Waals surface area contributed by atoms with Gasteiger partial charge >= 0.3 is 6.36 Å². The first-order valence-corrected chi connectivity index (χ1v) is 12.2. The summed E-state index contributed by atoms with van der Waals surface area (Å²) in [5.74, 6) is -1.65. The van der Waals surface area contributed by atoms with Gasteiger partial charge in [-0.1, -0.05) is 43.7 Å². The Morgan fingerprint density at radius 2 is 1.50 bits per heavy atom. The van der Waals surface area contributed by atoms with Gasteiger partial charge in [-0.15, -0.1) is 13.2 Å². The number of nitrogens with zero attached hydrogens (tertiary/aromatic N) is 2. The van der Waals surface area contributed by atoms with Crippen molar-refractivity contribution in [3.8, 4) is 11.5 Å². The second-order valence-electron chi connectivity index (χ2n) is 8.98. The van der Waals surface area contributed by atoms with E-state index in [0.29, 0.717) is 29.3 Å². The molecule has 10 heteroatoms. The van der Waals surface area contributed by atoms with E-state index in [0.717, 1.165) is 17.7 Å². The number of fused-ring (bicyclic) bond motifs is 1. The van der Waals surface area contributed by atoms with Crippen molar-refractivity contribution in [3.05, 3.63) is 84.4 Å². The van der Waals surface area contributed by atoms with Crippen LogP contribution in [0, 0.1) is 5.92 Å². The van der Waals surface area contributed by atoms with Crippen LogP contribution in [0.1, 0.15) is 31.4 Å². The summed E-state index contributed by atoms with van der Waals surface area (Å²) in [5.41, 5.74) is 1.49. The highest BCUT2D eigenvalue weighted by molar-refractivity contribution is 6.23. The van der Waals surface area contributed by atoms with Crippen molar-refractivity contribution in [2.45, 2.75) is 38.3 Å². The third-order valence-corrected chi connectivity index (χ3v) is 6.44. The van der Waals surface area contributed by atoms with E-state index < -0.39 is 36.2 Å². The molecular formula is C28H25F3N2O5. The molecule has 198 valence electrons. The molecule has 2 amide bonds. The van der Waals surface area contributed by atoms with Gasteiger partial charge in [0.2, 0.25) is 5.91 Å². The van der Waals surface area contributed by atoms with E-state index in [1.807, 2.05) is 6.07 Å². The number of unbranched alkanes of at least 4 members (excludes halogenated alkanes) is 1. The molecule has 2 aliphatic heterocycles. The number of para-hydroxylation sites is 1. The third-order valence-electron chi connectivity index (χ3n) is 6.44. The maximum atomic E-state index is 13.7. The largest absolute Gasteiger partial charge is 0.573 e. The molecule has 0 unspecified atom stereocenters. The van der Waals surface area contributed by atoms with Crippen LogP contribution in [0.5, 0.6) is 11.5 Å². The molecule has 2 saturated heterocycles. The lowest BCUT2D eigenvalue weighted by Crippen LogP contribution is -2.37. The van der Waals surface area contributed by atoms with Crippen LogP contribution >= 0.6 is 0 Å². The number of carbonyl (C=O) groups is 2. The highest BCUT2D eigenvalue weighted by Crippen LogP contribution is 2.48. The maximum Gasteiger partial charge on any atom is 0.573 e. The van der Waals surface area contributed by atoms with E-state index in [2.05, 4.69) is 11.7 Å². The Labute approximate surface area is 217 Å². The standard InChI is InChI=1S/C28H25F3N2O5/c1-2-3-17-36-21-15-11-19(12-16-21)32-26(34)23-24(18-9-13-22(14-10-18)37-28(29,30)31)33(38-25(23)27(32)35)20-7-5-4-6-8-20/h4-16,23-25H,2-3,17H2,1H3/t23-,24+,25-/m0/s1. The van der Waals surface area contributed by atoms with E-state index in [4.69, 9.17) is 9.57 Å². The summed E-state index contributed by atoms with van der Waals surface area (Å²) in [6.07, 6.45) is -4.02. The Balaban J connectivity index is 1.45. The van der Waals surface area contributed by atoms with Crippen molar-refractivity contribution in [3.63, 3.8) is 0 Å². The van der Waals surface area contributed by atoms with Crippen molar-refractivity contribution >= 4 is 23.2 Å². The minimum absolute atomic E-state index is 0.389. The van der Waals surface area contributed by atoms with Crippen LogP contribution in [-0.4, -0.2) is 30.9 Å². The summed E-state index contributed by atoms with van der Waals surface area (Å²) in [6.45, 7) is 2.63. The Morgan fingerprint density at radius 3 is 2.13 bits per heavy atom. The van der Waals surface area contributed by atoms with E-state index in [9.17, 15) is 22.8 Å². The van der Waals surface area contributed by atoms with Crippen molar-refractivity contribution in [2.24, 2.45) is 5.92 Å². The predicted octanol–water partition coefficient (Wildman–Crippen LogP) is 5.82. The van der Waals surface area contributed by atoms with Gasteiger partial charge in [0.1, 0.15) is 17.4 Å². The summed E-state index contributed by atoms with van der Waals surface area (Å²) in [7, 11) is 0. The minimum atomic E-state index is -4.83. The lowest BCUT2D eigenvalue weighted by atomic mass is 9.90. The number of halogens is 3. The summed E-state index contributed by atoms with van der Waals surface area (Å²) < 4.78 is 47.6. The second-order valence-corrected chi connectivity index (χ2v) is 8.98. The van der Waals surface area contributed by atoms with E-state index in [1.165, 1.54) is 29.3 Å². The Morgan fingerprint density at radius 1 is 0.842 bits per heavy atom. The molecule has 2 aliphatic rings. The van der Waals surface area contributed by atoms with Crippen molar-refractivity contribution < 1.29 is 37.1 Å². The fourth-order valence-electron chi connectivity index (χ4n) is 4.70. The number of anilines is 2. The number of hydrogen-bond donors (Lipinski definition) is 0. The molecule has 0 radical (unpaired) electrons. The Kier molecular flexibility index (Phi) is 6.98. The number of alkyl halides is 3. The number of ether oxygens (including phenoxy) is 2. The van der Waals surface area contributed by atoms with Gasteiger partial charge in [-0.2, -0.15) is 0 Å². The van der Waals surface area contributed by atoms with Gasteiger partial charge in [0, 0.05) is 0 Å². The summed E-state index contributed by atoms with van der Waals surface area (Å²) in [5, 5.41) is 1.48. The van der Waals surface area contributed by atoms with Crippen LogP contribution in [0.4, 0.5) is 24.5 Å². The van der Waals surface area contributed by atoms with Gasteiger partial charge in [-0.05, 0) is 60.5 Å². The normalized spacial score (nSPS) is 21.1. The SMILES string of the molecule is CCCCOc1ccc(N2C(=O)[C@@H]3[C@H](ON(c4ccccc4)[C@@H]3c3ccc(OC(F)(F)F)cc3)C2=O)cc1. The first kappa shape index (κ1) is 25.6. The number of hydroxylamine groups is 1. The van der Waals surface area contributed by atoms with Crippen LogP contribution in [0.25, 0.3) is 0 Å². The zero-order chi connectivity index (χ0) is 26.9. The van der Waals surface area contributed by atoms with Gasteiger partial charge in [0.05, 0.1) is 24.0 Å². The Bertz CT molecular complexity index is 1280. The van der Waals surface area contributed by atoms with Crippen LogP contribution in [-0.2, 0) is 14.4 Å². The first-order chi connectivity index (χ1) is 18.3. The minimum Gasteiger partial charge on any atom is -0.494 e. The number of rotatable bonds is 8. The monoisotopic (exact) mass is 526 g/mol. The lowest BCUT2D eigenvalue weighted by Gasteiger charge is -2.29. The third kappa shape index (κ3) is 5.04. The molecule has 0 spiro atoms. The van der Waals surface area contributed by atoms with E-state index in [-0.39, 0.29) is 5.75 Å². The fourth-order valence-corrected chi connectivity index (χ4v) is 4.70. The topological polar surface area (TPSA) is 68.3 Å². The van der Waals surface area contributed by atoms with Crippen molar-refractivity contribution in [1.82, 2.24) is 0 Å². The van der Waals surface area contributed by atoms with Crippen LogP contribution in [0.3, 0.4) is 0 Å². The van der Waals surface area contributed by atoms with Gasteiger partial charge in [0.25, 0.3) is 5.91 Å². The molecule has 38 heavy (non-hydrogen) atoms. The molecule has 2 fully saturated rings. The van der Waals surface area contributed by atoms with Gasteiger partial charge in [0.15, 0.2) is 6.10 Å². The number of benzene rings is 3. The van der Waals surface area contributed by atoms with Crippen LogP contribution in [0.2, 0.25) is 0 Å². The highest BCUT2D eigenvalue weighted by Gasteiger charge is 2.60. The smallest absolute Gasteiger partial charge is 0.494 e. The Hall–Kier alpha value is -4.05. The molecule has 3 aromatic carbocycles. The molecule has 0 bridgehead atoms. The molecule has 0 N–H and O–H groups in total. The van der Waals surface area contributed by atoms with Crippen molar-refractivity contribution in [1.29, 1.82) is 0 Å². The number of carbonyl (C=O) groups excluding carboxylic acids is 2. The van der Waals surface area contributed by atoms with Gasteiger partial charge in [-0.3, -0.25) is 14.4 Å². The number of amides is 2. The molecule has 3 atom stereocenters. The zero-order valence-electron chi connectivity index (χ0n) is 20.4. The predicted molar refractivity (Wildman–Crippen MR) is 132 cm³/mol. The van der Waals surface area contributed by atoms with E-state index in [1.54, 1.807) is 48.5 Å². The van der Waals surface area contributed by atoms with Gasteiger partial charge in [-0.25, -0.2) is 9.96 Å². The zero-order valence-corrected chi connectivity index (χ0v) is 20.4. The molecule has 0 aromatic heterocycles. The average molecular weight is 527 g/mol. The average Bonchev–Trinajstić information content (AvgIpc) is 3.41. The molecular weight excluding hydrogens is 501 g/mol. The molecule has 0 saturated carbocycles. The summed E-state index contributed by atoms with van der Waals surface area (Å²) in [4.78, 5) is 34.3. The molecule has 7 nitrogen and oxygen atoms in total. The molecule has 2 heterocycles. The second kappa shape index (κ2) is 10.4. The maximum absolute atomic E-state index is 13.7. The summed E-state index contributed by atoms with van der Waals surface area (Å²) >= 11 is 0.